The summed E-state index contributed by atoms with van der Waals surface area (Å²) in [4.78, 5) is 11.2. The summed E-state index contributed by atoms with van der Waals surface area (Å²) in [6, 6.07) is 8.12. The molecule has 0 saturated carbocycles. The van der Waals surface area contributed by atoms with E-state index in [-0.39, 0.29) is 12.1 Å². The number of aryl methyl sites for hydroxylation is 1. The second-order valence-corrected chi connectivity index (χ2v) is 4.42. The van der Waals surface area contributed by atoms with E-state index in [1.807, 2.05) is 0 Å². The summed E-state index contributed by atoms with van der Waals surface area (Å²) in [5, 5.41) is 2.98. The van der Waals surface area contributed by atoms with E-state index in [2.05, 4.69) is 5.32 Å². The number of benzene rings is 1. The molecule has 3 nitrogen and oxygen atoms in total. The molecule has 6 heteroatoms. The molecule has 1 N–H and O–H groups in total. The van der Waals surface area contributed by atoms with Crippen molar-refractivity contribution in [3.63, 3.8) is 0 Å². The van der Waals surface area contributed by atoms with Gasteiger partial charge in [0, 0.05) is 25.9 Å². The number of hydrogen-bond donors (Lipinski definition) is 1. The Balaban J connectivity index is 2.11. The Hall–Kier alpha value is -2.24. The molecule has 106 valence electrons. The second-order valence-electron chi connectivity index (χ2n) is 4.42. The molecule has 0 radical (unpaired) electrons. The van der Waals surface area contributed by atoms with E-state index in [9.17, 15) is 18.0 Å². The zero-order chi connectivity index (χ0) is 14.8. The van der Waals surface area contributed by atoms with Crippen LogP contribution in [0.1, 0.15) is 11.1 Å². The number of alkyl halides is 3. The van der Waals surface area contributed by atoms with Gasteiger partial charge in [0.15, 0.2) is 0 Å². The van der Waals surface area contributed by atoms with Crippen LogP contribution in [0.5, 0.6) is 0 Å². The molecule has 1 heterocycles. The Bertz CT molecular complexity index is 662. The molecule has 1 aromatic heterocycles. The Labute approximate surface area is 113 Å². The SMILES string of the molecule is Cn1cc(NCc2cccc(C(F)(F)F)c2)ccc1=O. The molecule has 2 aromatic rings. The van der Waals surface area contributed by atoms with Gasteiger partial charge in [0.25, 0.3) is 0 Å². The predicted octanol–water partition coefficient (Wildman–Crippen LogP) is 3.02. The Kier molecular flexibility index (Phi) is 3.83. The molecule has 0 fully saturated rings. The predicted molar refractivity (Wildman–Crippen MR) is 70.5 cm³/mol. The first-order valence-corrected chi connectivity index (χ1v) is 5.93. The maximum atomic E-state index is 12.6. The van der Waals surface area contributed by atoms with Crippen molar-refractivity contribution < 1.29 is 13.2 Å². The number of aromatic nitrogens is 1. The molecular formula is C14H13F3N2O. The van der Waals surface area contributed by atoms with Gasteiger partial charge in [-0.3, -0.25) is 4.79 Å². The first kappa shape index (κ1) is 14.2. The van der Waals surface area contributed by atoms with E-state index in [0.29, 0.717) is 11.3 Å². The van der Waals surface area contributed by atoms with Gasteiger partial charge in [0.1, 0.15) is 0 Å². The highest BCUT2D eigenvalue weighted by Gasteiger charge is 2.30. The van der Waals surface area contributed by atoms with Gasteiger partial charge < -0.3 is 9.88 Å². The summed E-state index contributed by atoms with van der Waals surface area (Å²) in [5.41, 5.74) is 0.380. The van der Waals surface area contributed by atoms with Gasteiger partial charge in [-0.1, -0.05) is 12.1 Å². The van der Waals surface area contributed by atoms with Crippen LogP contribution in [0.15, 0.2) is 47.4 Å². The average molecular weight is 282 g/mol. The number of nitrogens with zero attached hydrogens (tertiary/aromatic N) is 1. The van der Waals surface area contributed by atoms with Crippen LogP contribution < -0.4 is 10.9 Å². The number of hydrogen-bond acceptors (Lipinski definition) is 2. The van der Waals surface area contributed by atoms with E-state index in [0.717, 1.165) is 12.1 Å². The molecule has 0 amide bonds. The first-order valence-electron chi connectivity index (χ1n) is 5.93. The summed E-state index contributed by atoms with van der Waals surface area (Å²) >= 11 is 0. The molecule has 0 aliphatic carbocycles. The molecule has 0 saturated heterocycles. The highest BCUT2D eigenvalue weighted by Crippen LogP contribution is 2.29. The Morgan fingerprint density at radius 3 is 2.60 bits per heavy atom. The normalized spacial score (nSPS) is 11.4. The standard InChI is InChI=1S/C14H13F3N2O/c1-19-9-12(5-6-13(19)20)18-8-10-3-2-4-11(7-10)14(15,16)17/h2-7,9,18H,8H2,1H3. The van der Waals surface area contributed by atoms with E-state index in [1.54, 1.807) is 25.4 Å². The molecular weight excluding hydrogens is 269 g/mol. The molecule has 0 atom stereocenters. The first-order chi connectivity index (χ1) is 9.36. The van der Waals surface area contributed by atoms with Crippen LogP contribution in [-0.4, -0.2) is 4.57 Å². The summed E-state index contributed by atoms with van der Waals surface area (Å²) in [5.74, 6) is 0. The Morgan fingerprint density at radius 1 is 1.20 bits per heavy atom. The van der Waals surface area contributed by atoms with Gasteiger partial charge >= 0.3 is 6.18 Å². The van der Waals surface area contributed by atoms with Crippen molar-refractivity contribution in [1.29, 1.82) is 0 Å². The minimum absolute atomic E-state index is 0.144. The maximum Gasteiger partial charge on any atom is 0.416 e. The van der Waals surface area contributed by atoms with Crippen molar-refractivity contribution in [3.05, 3.63) is 64.1 Å². The van der Waals surface area contributed by atoms with E-state index >= 15 is 0 Å². The molecule has 0 unspecified atom stereocenters. The zero-order valence-electron chi connectivity index (χ0n) is 10.7. The monoisotopic (exact) mass is 282 g/mol. The van der Waals surface area contributed by atoms with Crippen molar-refractivity contribution >= 4 is 5.69 Å². The molecule has 20 heavy (non-hydrogen) atoms. The smallest absolute Gasteiger partial charge is 0.380 e. The minimum Gasteiger partial charge on any atom is -0.380 e. The minimum atomic E-state index is -4.34. The summed E-state index contributed by atoms with van der Waals surface area (Å²) in [7, 11) is 1.61. The molecule has 1 aromatic carbocycles. The van der Waals surface area contributed by atoms with Crippen LogP contribution in [0.2, 0.25) is 0 Å². The van der Waals surface area contributed by atoms with Gasteiger partial charge in [-0.25, -0.2) is 0 Å². The summed E-state index contributed by atoms with van der Waals surface area (Å²) in [6.45, 7) is 0.252. The van der Waals surface area contributed by atoms with Crippen molar-refractivity contribution in [2.75, 3.05) is 5.32 Å². The van der Waals surface area contributed by atoms with Crippen molar-refractivity contribution in [1.82, 2.24) is 4.57 Å². The van der Waals surface area contributed by atoms with Crippen LogP contribution in [0.25, 0.3) is 0 Å². The topological polar surface area (TPSA) is 34.0 Å². The quantitative estimate of drug-likeness (QED) is 0.939. The number of pyridine rings is 1. The molecule has 2 rings (SSSR count). The second kappa shape index (κ2) is 5.40. The fourth-order valence-electron chi connectivity index (χ4n) is 1.76. The van der Waals surface area contributed by atoms with Crippen LogP contribution >= 0.6 is 0 Å². The van der Waals surface area contributed by atoms with Gasteiger partial charge in [-0.05, 0) is 23.8 Å². The maximum absolute atomic E-state index is 12.6. The van der Waals surface area contributed by atoms with Crippen molar-refractivity contribution in [3.8, 4) is 0 Å². The average Bonchev–Trinajstić information content (AvgIpc) is 2.39. The van der Waals surface area contributed by atoms with Gasteiger partial charge in [0.2, 0.25) is 5.56 Å². The lowest BCUT2D eigenvalue weighted by atomic mass is 10.1. The lowest BCUT2D eigenvalue weighted by molar-refractivity contribution is -0.137. The molecule has 0 aliphatic rings. The Morgan fingerprint density at radius 2 is 1.95 bits per heavy atom. The van der Waals surface area contributed by atoms with Crippen LogP contribution in [0.4, 0.5) is 18.9 Å². The highest BCUT2D eigenvalue weighted by atomic mass is 19.4. The van der Waals surface area contributed by atoms with E-state index < -0.39 is 11.7 Å². The largest absolute Gasteiger partial charge is 0.416 e. The third kappa shape index (κ3) is 3.40. The lowest BCUT2D eigenvalue weighted by Gasteiger charge is -2.10. The van der Waals surface area contributed by atoms with E-state index in [1.165, 1.54) is 16.7 Å². The fraction of sp³-hybridized carbons (Fsp3) is 0.214. The third-order valence-electron chi connectivity index (χ3n) is 2.84. The molecule has 0 aliphatic heterocycles. The van der Waals surface area contributed by atoms with Crippen LogP contribution in [0, 0.1) is 0 Å². The van der Waals surface area contributed by atoms with E-state index in [4.69, 9.17) is 0 Å². The number of halogens is 3. The van der Waals surface area contributed by atoms with Crippen LogP contribution in [0.3, 0.4) is 0 Å². The number of rotatable bonds is 3. The molecule has 0 bridgehead atoms. The third-order valence-corrected chi connectivity index (χ3v) is 2.84. The van der Waals surface area contributed by atoms with Gasteiger partial charge in [0.05, 0.1) is 11.3 Å². The number of anilines is 1. The zero-order valence-corrected chi connectivity index (χ0v) is 10.7. The summed E-state index contributed by atoms with van der Waals surface area (Å²) in [6.07, 6.45) is -2.75. The van der Waals surface area contributed by atoms with Crippen molar-refractivity contribution in [2.24, 2.45) is 7.05 Å². The van der Waals surface area contributed by atoms with Gasteiger partial charge in [-0.15, -0.1) is 0 Å². The fourth-order valence-corrected chi connectivity index (χ4v) is 1.76. The highest BCUT2D eigenvalue weighted by molar-refractivity contribution is 5.41. The lowest BCUT2D eigenvalue weighted by Crippen LogP contribution is -2.15. The summed E-state index contributed by atoms with van der Waals surface area (Å²) < 4.78 is 39.1. The van der Waals surface area contributed by atoms with Crippen molar-refractivity contribution in [2.45, 2.75) is 12.7 Å². The number of nitrogens with one attached hydrogen (secondary N) is 1. The molecule has 0 spiro atoms. The van der Waals surface area contributed by atoms with Gasteiger partial charge in [-0.2, -0.15) is 13.2 Å². The van der Waals surface area contributed by atoms with Crippen LogP contribution in [-0.2, 0) is 19.8 Å².